The second-order valence-corrected chi connectivity index (χ2v) is 6.33. The van der Waals surface area contributed by atoms with E-state index in [1.165, 1.54) is 6.21 Å². The van der Waals surface area contributed by atoms with Gasteiger partial charge in [-0.3, -0.25) is 4.79 Å². The maximum Gasteiger partial charge on any atom is 0.271 e. The SMILES string of the molecule is CCOc1ccc(C(=O)N/N=C/c2cc(Cl)c(OCC)c(OCC)c2)cc1OCC. The molecule has 30 heavy (non-hydrogen) atoms. The molecule has 0 fully saturated rings. The molecule has 7 nitrogen and oxygen atoms in total. The summed E-state index contributed by atoms with van der Waals surface area (Å²) in [4.78, 5) is 12.4. The van der Waals surface area contributed by atoms with Gasteiger partial charge in [0, 0.05) is 5.56 Å². The summed E-state index contributed by atoms with van der Waals surface area (Å²) >= 11 is 6.29. The number of hydrogen-bond acceptors (Lipinski definition) is 6. The first-order valence-electron chi connectivity index (χ1n) is 9.86. The molecule has 0 saturated heterocycles. The maximum atomic E-state index is 12.4. The van der Waals surface area contributed by atoms with Crippen LogP contribution in [-0.2, 0) is 0 Å². The first-order valence-corrected chi connectivity index (χ1v) is 10.2. The Hall–Kier alpha value is -2.93. The van der Waals surface area contributed by atoms with Crippen molar-refractivity contribution in [2.45, 2.75) is 27.7 Å². The van der Waals surface area contributed by atoms with E-state index in [0.29, 0.717) is 65.6 Å². The molecule has 0 radical (unpaired) electrons. The smallest absolute Gasteiger partial charge is 0.271 e. The lowest BCUT2D eigenvalue weighted by atomic mass is 10.2. The van der Waals surface area contributed by atoms with E-state index < -0.39 is 0 Å². The molecule has 0 spiro atoms. The van der Waals surface area contributed by atoms with Gasteiger partial charge in [-0.05, 0) is 63.6 Å². The van der Waals surface area contributed by atoms with Crippen LogP contribution in [0.4, 0.5) is 0 Å². The molecule has 0 aliphatic carbocycles. The number of hydrogen-bond donors (Lipinski definition) is 1. The van der Waals surface area contributed by atoms with Crippen LogP contribution in [0.25, 0.3) is 0 Å². The van der Waals surface area contributed by atoms with Crippen molar-refractivity contribution in [2.75, 3.05) is 26.4 Å². The molecular weight excluding hydrogens is 408 g/mol. The number of carbonyl (C=O) groups is 1. The molecule has 162 valence electrons. The lowest BCUT2D eigenvalue weighted by Gasteiger charge is -2.13. The number of rotatable bonds is 11. The maximum absolute atomic E-state index is 12.4. The fraction of sp³-hybridized carbons (Fsp3) is 0.364. The Bertz CT molecular complexity index is 886. The minimum absolute atomic E-state index is 0.377. The Morgan fingerprint density at radius 1 is 0.900 bits per heavy atom. The Balaban J connectivity index is 2.14. The van der Waals surface area contributed by atoms with Crippen molar-refractivity contribution >= 4 is 23.7 Å². The summed E-state index contributed by atoms with van der Waals surface area (Å²) in [5.41, 5.74) is 3.56. The second kappa shape index (κ2) is 11.9. The predicted octanol–water partition coefficient (Wildman–Crippen LogP) is 4.70. The van der Waals surface area contributed by atoms with Crippen LogP contribution >= 0.6 is 11.6 Å². The van der Waals surface area contributed by atoms with Gasteiger partial charge in [-0.1, -0.05) is 11.6 Å². The van der Waals surface area contributed by atoms with E-state index in [2.05, 4.69) is 10.5 Å². The summed E-state index contributed by atoms with van der Waals surface area (Å²) in [6.07, 6.45) is 1.49. The number of halogens is 1. The third kappa shape index (κ3) is 6.29. The zero-order valence-electron chi connectivity index (χ0n) is 17.7. The molecule has 2 aromatic carbocycles. The predicted molar refractivity (Wildman–Crippen MR) is 118 cm³/mol. The van der Waals surface area contributed by atoms with Crippen molar-refractivity contribution in [1.82, 2.24) is 5.43 Å². The molecule has 0 heterocycles. The highest BCUT2D eigenvalue weighted by Crippen LogP contribution is 2.36. The van der Waals surface area contributed by atoms with E-state index in [1.54, 1.807) is 30.3 Å². The zero-order chi connectivity index (χ0) is 21.9. The molecule has 0 aliphatic heterocycles. The van der Waals surface area contributed by atoms with Gasteiger partial charge in [0.05, 0.1) is 37.7 Å². The monoisotopic (exact) mass is 434 g/mol. The van der Waals surface area contributed by atoms with Crippen molar-refractivity contribution in [1.29, 1.82) is 0 Å². The topological polar surface area (TPSA) is 78.4 Å². The van der Waals surface area contributed by atoms with Gasteiger partial charge in [-0.15, -0.1) is 0 Å². The average Bonchev–Trinajstić information content (AvgIpc) is 2.72. The van der Waals surface area contributed by atoms with Crippen LogP contribution in [0.1, 0.15) is 43.6 Å². The Labute approximate surface area is 181 Å². The van der Waals surface area contributed by atoms with E-state index in [1.807, 2.05) is 27.7 Å². The number of carbonyl (C=O) groups excluding carboxylic acids is 1. The van der Waals surface area contributed by atoms with Crippen molar-refractivity contribution in [3.63, 3.8) is 0 Å². The molecule has 0 saturated carbocycles. The largest absolute Gasteiger partial charge is 0.490 e. The van der Waals surface area contributed by atoms with Crippen LogP contribution in [0, 0.1) is 0 Å². The van der Waals surface area contributed by atoms with Gasteiger partial charge in [0.1, 0.15) is 0 Å². The lowest BCUT2D eigenvalue weighted by Crippen LogP contribution is -2.17. The van der Waals surface area contributed by atoms with E-state index >= 15 is 0 Å². The van der Waals surface area contributed by atoms with E-state index in [0.717, 1.165) is 0 Å². The average molecular weight is 435 g/mol. The van der Waals surface area contributed by atoms with Gasteiger partial charge in [0.25, 0.3) is 5.91 Å². The fourth-order valence-corrected chi connectivity index (χ4v) is 2.91. The number of amides is 1. The zero-order valence-corrected chi connectivity index (χ0v) is 18.4. The summed E-state index contributed by atoms with van der Waals surface area (Å²) < 4.78 is 22.2. The van der Waals surface area contributed by atoms with E-state index in [4.69, 9.17) is 30.5 Å². The van der Waals surface area contributed by atoms with Crippen LogP contribution in [-0.4, -0.2) is 38.5 Å². The number of nitrogens with one attached hydrogen (secondary N) is 1. The fourth-order valence-electron chi connectivity index (χ4n) is 2.63. The summed E-state index contributed by atoms with van der Waals surface area (Å²) in [5.74, 6) is 1.73. The highest BCUT2D eigenvalue weighted by Gasteiger charge is 2.13. The highest BCUT2D eigenvalue weighted by molar-refractivity contribution is 6.32. The van der Waals surface area contributed by atoms with Gasteiger partial charge < -0.3 is 18.9 Å². The van der Waals surface area contributed by atoms with Gasteiger partial charge in [0.15, 0.2) is 23.0 Å². The molecule has 0 atom stereocenters. The number of ether oxygens (including phenoxy) is 4. The number of benzene rings is 2. The van der Waals surface area contributed by atoms with Gasteiger partial charge in [-0.25, -0.2) is 5.43 Å². The molecule has 0 bridgehead atoms. The quantitative estimate of drug-likeness (QED) is 0.409. The summed E-state index contributed by atoms with van der Waals surface area (Å²) in [6, 6.07) is 8.42. The third-order valence-electron chi connectivity index (χ3n) is 3.81. The minimum atomic E-state index is -0.377. The lowest BCUT2D eigenvalue weighted by molar-refractivity contribution is 0.0954. The normalized spacial score (nSPS) is 10.7. The minimum Gasteiger partial charge on any atom is -0.490 e. The molecule has 1 N–H and O–H groups in total. The van der Waals surface area contributed by atoms with Crippen LogP contribution in [0.15, 0.2) is 35.4 Å². The van der Waals surface area contributed by atoms with Crippen LogP contribution in [0.3, 0.4) is 0 Å². The standard InChI is InChI=1S/C22H27ClN2O5/c1-5-27-18-10-9-16(13-19(18)28-6-2)22(26)25-24-14-15-11-17(23)21(30-8-4)20(12-15)29-7-3/h9-14H,5-8H2,1-4H3,(H,25,26)/b24-14+. The van der Waals surface area contributed by atoms with Gasteiger partial charge in [-0.2, -0.15) is 5.10 Å². The van der Waals surface area contributed by atoms with Gasteiger partial charge >= 0.3 is 0 Å². The van der Waals surface area contributed by atoms with Crippen molar-refractivity contribution < 1.29 is 23.7 Å². The summed E-state index contributed by atoms with van der Waals surface area (Å²) in [6.45, 7) is 9.39. The van der Waals surface area contributed by atoms with E-state index in [9.17, 15) is 4.79 Å². The molecule has 0 aliphatic rings. The third-order valence-corrected chi connectivity index (χ3v) is 4.09. The first-order chi connectivity index (χ1) is 14.5. The molecule has 0 unspecified atom stereocenters. The highest BCUT2D eigenvalue weighted by atomic mass is 35.5. The van der Waals surface area contributed by atoms with E-state index in [-0.39, 0.29) is 5.91 Å². The Morgan fingerprint density at radius 3 is 2.20 bits per heavy atom. The summed E-state index contributed by atoms with van der Waals surface area (Å²) in [7, 11) is 0. The molecule has 2 aromatic rings. The molecule has 0 aromatic heterocycles. The number of hydrazone groups is 1. The second-order valence-electron chi connectivity index (χ2n) is 5.92. The number of nitrogens with zero attached hydrogens (tertiary/aromatic N) is 1. The molecule has 2 rings (SSSR count). The molecular formula is C22H27ClN2O5. The van der Waals surface area contributed by atoms with Crippen LogP contribution < -0.4 is 24.4 Å². The van der Waals surface area contributed by atoms with Crippen LogP contribution in [0.5, 0.6) is 23.0 Å². The van der Waals surface area contributed by atoms with Crippen molar-refractivity contribution in [2.24, 2.45) is 5.10 Å². The van der Waals surface area contributed by atoms with Crippen molar-refractivity contribution in [3.8, 4) is 23.0 Å². The molecule has 1 amide bonds. The van der Waals surface area contributed by atoms with Crippen LogP contribution in [0.2, 0.25) is 5.02 Å². The van der Waals surface area contributed by atoms with Gasteiger partial charge in [0.2, 0.25) is 0 Å². The Morgan fingerprint density at radius 2 is 1.53 bits per heavy atom. The summed E-state index contributed by atoms with van der Waals surface area (Å²) in [5, 5.41) is 4.42. The Kier molecular flexibility index (Phi) is 9.28. The first kappa shape index (κ1) is 23.3. The van der Waals surface area contributed by atoms with Crippen molar-refractivity contribution in [3.05, 3.63) is 46.5 Å². The molecule has 8 heteroatoms.